The lowest BCUT2D eigenvalue weighted by Gasteiger charge is -2.19. The van der Waals surface area contributed by atoms with E-state index >= 15 is 0 Å². The molecule has 3 aromatic rings. The predicted molar refractivity (Wildman–Crippen MR) is 117 cm³/mol. The van der Waals surface area contributed by atoms with Crippen molar-refractivity contribution in [3.05, 3.63) is 102 Å². The first-order chi connectivity index (χ1) is 13.8. The van der Waals surface area contributed by atoms with E-state index in [9.17, 15) is 0 Å². The third-order valence-corrected chi connectivity index (χ3v) is 5.48. The number of quaternary nitrogens is 1. The molecule has 146 valence electrons. The van der Waals surface area contributed by atoms with Gasteiger partial charge in [-0.05, 0) is 42.2 Å². The molecule has 0 bridgehead atoms. The van der Waals surface area contributed by atoms with E-state index in [4.69, 9.17) is 4.74 Å². The molecule has 2 nitrogen and oxygen atoms in total. The first-order valence-corrected chi connectivity index (χ1v) is 10.3. The Morgan fingerprint density at radius 1 is 0.750 bits per heavy atom. The van der Waals surface area contributed by atoms with E-state index in [-0.39, 0.29) is 0 Å². The molecule has 2 N–H and O–H groups in total. The zero-order valence-electron chi connectivity index (χ0n) is 17.1. The van der Waals surface area contributed by atoms with Gasteiger partial charge in [-0.3, -0.25) is 0 Å². The number of aryl methyl sites for hydroxylation is 1. The van der Waals surface area contributed by atoms with Crippen LogP contribution in [0.25, 0.3) is 0 Å². The average Bonchev–Trinajstić information content (AvgIpc) is 2.77. The molecule has 0 spiro atoms. The minimum absolute atomic E-state index is 0.465. The molecule has 3 aromatic carbocycles. The van der Waals surface area contributed by atoms with Crippen molar-refractivity contribution in [3.63, 3.8) is 0 Å². The number of nitrogens with two attached hydrogens (primary N) is 1. The van der Waals surface area contributed by atoms with Crippen molar-refractivity contribution in [1.82, 2.24) is 0 Å². The number of hydrogen-bond donors (Lipinski definition) is 1. The van der Waals surface area contributed by atoms with E-state index in [0.717, 1.165) is 25.1 Å². The second-order valence-electron chi connectivity index (χ2n) is 7.55. The van der Waals surface area contributed by atoms with E-state index in [1.54, 1.807) is 7.11 Å². The highest BCUT2D eigenvalue weighted by molar-refractivity contribution is 5.32. The summed E-state index contributed by atoms with van der Waals surface area (Å²) in [4.78, 5) is 0. The zero-order valence-corrected chi connectivity index (χ0v) is 17.1. The topological polar surface area (TPSA) is 25.8 Å². The van der Waals surface area contributed by atoms with Gasteiger partial charge in [0.05, 0.1) is 19.7 Å². The van der Waals surface area contributed by atoms with Crippen LogP contribution in [0, 0.1) is 0 Å². The van der Waals surface area contributed by atoms with Crippen LogP contribution in [0.5, 0.6) is 5.75 Å². The molecule has 0 radical (unpaired) electrons. The molecule has 3 rings (SSSR count). The van der Waals surface area contributed by atoms with Gasteiger partial charge in [0.25, 0.3) is 0 Å². The molecular formula is C26H32NO+. The van der Waals surface area contributed by atoms with Crippen LogP contribution < -0.4 is 10.1 Å². The molecule has 1 atom stereocenters. The van der Waals surface area contributed by atoms with Crippen molar-refractivity contribution in [3.8, 4) is 5.75 Å². The summed E-state index contributed by atoms with van der Waals surface area (Å²) in [7, 11) is 1.71. The number of hydrogen-bond acceptors (Lipinski definition) is 1. The van der Waals surface area contributed by atoms with Gasteiger partial charge in [0.15, 0.2) is 0 Å². The summed E-state index contributed by atoms with van der Waals surface area (Å²) in [5, 5.41) is 2.50. The van der Waals surface area contributed by atoms with Crippen molar-refractivity contribution in [2.75, 3.05) is 13.7 Å². The fraction of sp³-hybridized carbons (Fsp3) is 0.308. The Labute approximate surface area is 169 Å². The van der Waals surface area contributed by atoms with Crippen molar-refractivity contribution < 1.29 is 10.1 Å². The third-order valence-electron chi connectivity index (χ3n) is 5.48. The van der Waals surface area contributed by atoms with Crippen molar-refractivity contribution in [1.29, 1.82) is 0 Å². The summed E-state index contributed by atoms with van der Waals surface area (Å²) >= 11 is 0. The van der Waals surface area contributed by atoms with Crippen LogP contribution in [0.2, 0.25) is 0 Å². The molecule has 0 saturated carbocycles. The van der Waals surface area contributed by atoms with Gasteiger partial charge in [-0.1, -0.05) is 72.8 Å². The molecule has 0 amide bonds. The smallest absolute Gasteiger partial charge is 0.118 e. The first-order valence-electron chi connectivity index (χ1n) is 10.3. The van der Waals surface area contributed by atoms with Gasteiger partial charge in [0, 0.05) is 18.8 Å². The summed E-state index contributed by atoms with van der Waals surface area (Å²) in [6.07, 6.45) is 3.46. The number of methoxy groups -OCH3 is 1. The SMILES string of the molecule is COc1ccc(CC[C@@H](C)[NH2+]CCC(c2ccccc2)c2ccccc2)cc1. The number of rotatable bonds is 10. The highest BCUT2D eigenvalue weighted by Gasteiger charge is 2.15. The summed E-state index contributed by atoms with van der Waals surface area (Å²) in [6.45, 7) is 3.47. The maximum absolute atomic E-state index is 5.24. The number of ether oxygens (including phenoxy) is 1. The fourth-order valence-electron chi connectivity index (χ4n) is 3.75. The van der Waals surface area contributed by atoms with Crippen LogP contribution in [0.3, 0.4) is 0 Å². The summed E-state index contributed by atoms with van der Waals surface area (Å²) in [5.74, 6) is 1.39. The molecule has 28 heavy (non-hydrogen) atoms. The molecule has 0 aliphatic heterocycles. The van der Waals surface area contributed by atoms with Crippen molar-refractivity contribution in [2.24, 2.45) is 0 Å². The molecule has 0 aliphatic carbocycles. The Hall–Kier alpha value is -2.58. The van der Waals surface area contributed by atoms with E-state index in [1.165, 1.54) is 23.1 Å². The van der Waals surface area contributed by atoms with Gasteiger partial charge >= 0.3 is 0 Å². The molecule has 2 heteroatoms. The molecule has 0 fully saturated rings. The van der Waals surface area contributed by atoms with E-state index in [2.05, 4.69) is 85.0 Å². The van der Waals surface area contributed by atoms with Gasteiger partial charge < -0.3 is 10.1 Å². The Balaban J connectivity index is 1.50. The Morgan fingerprint density at radius 3 is 1.86 bits per heavy atom. The van der Waals surface area contributed by atoms with Crippen LogP contribution in [-0.2, 0) is 6.42 Å². The van der Waals surface area contributed by atoms with Crippen LogP contribution in [0.4, 0.5) is 0 Å². The van der Waals surface area contributed by atoms with Gasteiger partial charge in [-0.2, -0.15) is 0 Å². The summed E-state index contributed by atoms with van der Waals surface area (Å²) in [6, 6.07) is 30.9. The van der Waals surface area contributed by atoms with E-state index < -0.39 is 0 Å². The van der Waals surface area contributed by atoms with E-state index in [1.807, 2.05) is 12.1 Å². The molecular weight excluding hydrogens is 342 g/mol. The summed E-state index contributed by atoms with van der Waals surface area (Å²) in [5.41, 5.74) is 4.20. The van der Waals surface area contributed by atoms with Crippen LogP contribution in [0.1, 0.15) is 42.4 Å². The monoisotopic (exact) mass is 374 g/mol. The average molecular weight is 375 g/mol. The molecule has 0 saturated heterocycles. The van der Waals surface area contributed by atoms with Gasteiger partial charge in [0.1, 0.15) is 5.75 Å². The lowest BCUT2D eigenvalue weighted by molar-refractivity contribution is -0.687. The normalized spacial score (nSPS) is 12.1. The van der Waals surface area contributed by atoms with Gasteiger partial charge in [0.2, 0.25) is 0 Å². The highest BCUT2D eigenvalue weighted by atomic mass is 16.5. The molecule has 0 aromatic heterocycles. The zero-order chi connectivity index (χ0) is 19.6. The molecule has 0 aliphatic rings. The quantitative estimate of drug-likeness (QED) is 0.542. The second kappa shape index (κ2) is 10.7. The second-order valence-corrected chi connectivity index (χ2v) is 7.55. The standard InChI is InChI=1S/C26H31NO/c1-21(13-14-22-15-17-25(28-2)18-16-22)27-20-19-26(23-9-5-3-6-10-23)24-11-7-4-8-12-24/h3-12,15-18,21,26-27H,13-14,19-20H2,1-2H3/p+1/t21-/m1/s1. The lowest BCUT2D eigenvalue weighted by Crippen LogP contribution is -2.89. The lowest BCUT2D eigenvalue weighted by atomic mass is 9.88. The predicted octanol–water partition coefficient (Wildman–Crippen LogP) is 4.80. The van der Waals surface area contributed by atoms with Crippen molar-refractivity contribution >= 4 is 0 Å². The van der Waals surface area contributed by atoms with Crippen molar-refractivity contribution in [2.45, 2.75) is 38.1 Å². The fourth-order valence-corrected chi connectivity index (χ4v) is 3.75. The number of benzene rings is 3. The largest absolute Gasteiger partial charge is 0.497 e. The third kappa shape index (κ3) is 5.97. The van der Waals surface area contributed by atoms with Crippen LogP contribution in [0.15, 0.2) is 84.9 Å². The first kappa shape index (κ1) is 20.2. The van der Waals surface area contributed by atoms with E-state index in [0.29, 0.717) is 12.0 Å². The summed E-state index contributed by atoms with van der Waals surface area (Å²) < 4.78 is 5.24. The minimum atomic E-state index is 0.465. The molecule has 0 heterocycles. The van der Waals surface area contributed by atoms with Gasteiger partial charge in [-0.15, -0.1) is 0 Å². The Bertz CT molecular complexity index is 759. The maximum atomic E-state index is 5.24. The minimum Gasteiger partial charge on any atom is -0.497 e. The Morgan fingerprint density at radius 2 is 1.32 bits per heavy atom. The maximum Gasteiger partial charge on any atom is 0.118 e. The van der Waals surface area contributed by atoms with Gasteiger partial charge in [-0.25, -0.2) is 0 Å². The molecule has 0 unspecified atom stereocenters. The highest BCUT2D eigenvalue weighted by Crippen LogP contribution is 2.27. The Kier molecular flexibility index (Phi) is 7.69. The van der Waals surface area contributed by atoms with Crippen LogP contribution >= 0.6 is 0 Å². The van der Waals surface area contributed by atoms with Crippen LogP contribution in [-0.4, -0.2) is 19.7 Å².